The van der Waals surface area contributed by atoms with Gasteiger partial charge in [0.1, 0.15) is 0 Å². The van der Waals surface area contributed by atoms with Crippen LogP contribution in [0.5, 0.6) is 0 Å². The molecule has 0 fully saturated rings. The van der Waals surface area contributed by atoms with Crippen molar-refractivity contribution >= 4 is 38.6 Å². The van der Waals surface area contributed by atoms with E-state index in [1.807, 2.05) is 0 Å². The summed E-state index contributed by atoms with van der Waals surface area (Å²) in [6.07, 6.45) is 0. The first kappa shape index (κ1) is 30.2. The van der Waals surface area contributed by atoms with Gasteiger partial charge in [0.05, 0.1) is 22.5 Å². The second-order valence-corrected chi connectivity index (χ2v) is 13.6. The van der Waals surface area contributed by atoms with E-state index in [-0.39, 0.29) is 0 Å². The number of benzene rings is 9. The summed E-state index contributed by atoms with van der Waals surface area (Å²) in [4.78, 5) is 2.53. The van der Waals surface area contributed by atoms with Gasteiger partial charge in [0.25, 0.3) is 0 Å². The first-order chi connectivity index (χ1) is 25.8. The Hall–Kier alpha value is -6.70. The molecule has 244 valence electrons. The van der Waals surface area contributed by atoms with Gasteiger partial charge in [-0.25, -0.2) is 0 Å². The highest BCUT2D eigenvalue weighted by Crippen LogP contribution is 2.60. The maximum atomic E-state index is 2.53. The fourth-order valence-electron chi connectivity index (χ4n) is 8.81. The molecule has 1 aliphatic carbocycles. The zero-order valence-corrected chi connectivity index (χ0v) is 28.7. The van der Waals surface area contributed by atoms with Crippen LogP contribution in [0.15, 0.2) is 212 Å². The smallest absolute Gasteiger partial charge is 0.0714 e. The Kier molecular flexibility index (Phi) is 7.11. The van der Waals surface area contributed by atoms with E-state index in [2.05, 4.69) is 217 Å². The summed E-state index contributed by atoms with van der Waals surface area (Å²) < 4.78 is 0. The molecule has 52 heavy (non-hydrogen) atoms. The third kappa shape index (κ3) is 4.49. The molecule has 9 aromatic carbocycles. The van der Waals surface area contributed by atoms with Gasteiger partial charge in [-0.05, 0) is 67.7 Å². The monoisotopic (exact) mass is 661 g/mol. The number of nitrogens with zero attached hydrogens (tertiary/aromatic N) is 1. The van der Waals surface area contributed by atoms with Crippen LogP contribution in [0, 0.1) is 0 Å². The Bertz CT molecular complexity index is 2690. The first-order valence-electron chi connectivity index (χ1n) is 18.0. The highest BCUT2D eigenvalue weighted by molar-refractivity contribution is 6.07. The largest absolute Gasteiger partial charge is 0.309 e. The summed E-state index contributed by atoms with van der Waals surface area (Å²) in [7, 11) is 0. The van der Waals surface area contributed by atoms with E-state index in [1.54, 1.807) is 0 Å². The van der Waals surface area contributed by atoms with Gasteiger partial charge in [-0.15, -0.1) is 0 Å². The van der Waals surface area contributed by atoms with E-state index in [4.69, 9.17) is 0 Å². The lowest BCUT2D eigenvalue weighted by molar-refractivity contribution is 0.768. The third-order valence-electron chi connectivity index (χ3n) is 10.9. The lowest BCUT2D eigenvalue weighted by atomic mass is 9.68. The Morgan fingerprint density at radius 1 is 0.288 bits per heavy atom. The predicted molar refractivity (Wildman–Crippen MR) is 219 cm³/mol. The highest BCUT2D eigenvalue weighted by Gasteiger charge is 2.47. The van der Waals surface area contributed by atoms with Crippen LogP contribution in [0.1, 0.15) is 22.3 Å². The highest BCUT2D eigenvalue weighted by atomic mass is 15.1. The van der Waals surface area contributed by atoms with Crippen LogP contribution in [-0.2, 0) is 5.41 Å². The average molecular weight is 662 g/mol. The molecule has 1 nitrogen and oxygen atoms in total. The standard InChI is InChI=1S/C51H35N/c1-3-22-38(23-4-1)51(39-24-5-2-6-25-39)45-31-13-11-29-44(45)50-46(51)32-17-35-49(50)52(47-34-16-21-37-19-8-10-27-41(37)47)48-33-14-12-28-43(48)42-30-15-20-36-18-7-9-26-40(36)42/h1-35H. The van der Waals surface area contributed by atoms with E-state index in [0.29, 0.717) is 0 Å². The minimum Gasteiger partial charge on any atom is -0.309 e. The summed E-state index contributed by atoms with van der Waals surface area (Å²) in [5.74, 6) is 0. The maximum absolute atomic E-state index is 2.53. The molecule has 0 atom stereocenters. The van der Waals surface area contributed by atoms with Gasteiger partial charge in [-0.1, -0.05) is 194 Å². The van der Waals surface area contributed by atoms with Crippen LogP contribution in [0.25, 0.3) is 43.8 Å². The van der Waals surface area contributed by atoms with Crippen LogP contribution in [0.3, 0.4) is 0 Å². The molecule has 0 aromatic heterocycles. The number of hydrogen-bond donors (Lipinski definition) is 0. The summed E-state index contributed by atoms with van der Waals surface area (Å²) in [5, 5.41) is 4.89. The normalized spacial score (nSPS) is 12.8. The molecule has 0 aliphatic heterocycles. The molecule has 0 radical (unpaired) electrons. The minimum absolute atomic E-state index is 0.496. The lowest BCUT2D eigenvalue weighted by Gasteiger charge is -2.35. The molecule has 1 heteroatoms. The van der Waals surface area contributed by atoms with Crippen molar-refractivity contribution in [2.24, 2.45) is 0 Å². The van der Waals surface area contributed by atoms with Crippen molar-refractivity contribution in [1.82, 2.24) is 0 Å². The van der Waals surface area contributed by atoms with Gasteiger partial charge < -0.3 is 4.90 Å². The number of fused-ring (bicyclic) bond motifs is 5. The molecular weight excluding hydrogens is 627 g/mol. The molecule has 0 saturated heterocycles. The Morgan fingerprint density at radius 2 is 0.750 bits per heavy atom. The van der Waals surface area contributed by atoms with E-state index in [9.17, 15) is 0 Å². The quantitative estimate of drug-likeness (QED) is 0.171. The molecule has 0 saturated carbocycles. The van der Waals surface area contributed by atoms with E-state index >= 15 is 0 Å². The predicted octanol–water partition coefficient (Wildman–Crippen LogP) is 13.5. The zero-order valence-electron chi connectivity index (χ0n) is 28.7. The van der Waals surface area contributed by atoms with Crippen LogP contribution >= 0.6 is 0 Å². The molecule has 0 bridgehead atoms. The van der Waals surface area contributed by atoms with Crippen molar-refractivity contribution in [1.29, 1.82) is 0 Å². The molecule has 0 spiro atoms. The van der Waals surface area contributed by atoms with Gasteiger partial charge in [0.2, 0.25) is 0 Å². The number of hydrogen-bond acceptors (Lipinski definition) is 1. The Balaban J connectivity index is 1.34. The Labute approximate surface area is 304 Å². The first-order valence-corrected chi connectivity index (χ1v) is 18.0. The summed E-state index contributed by atoms with van der Waals surface area (Å²) in [6, 6.07) is 77.9. The van der Waals surface area contributed by atoms with Gasteiger partial charge >= 0.3 is 0 Å². The van der Waals surface area contributed by atoms with E-state index in [0.717, 1.165) is 17.1 Å². The van der Waals surface area contributed by atoms with Crippen molar-refractivity contribution < 1.29 is 0 Å². The van der Waals surface area contributed by atoms with Gasteiger partial charge in [0, 0.05) is 16.5 Å². The number of para-hydroxylation sites is 1. The summed E-state index contributed by atoms with van der Waals surface area (Å²) in [6.45, 7) is 0. The van der Waals surface area contributed by atoms with Crippen LogP contribution in [0.4, 0.5) is 17.1 Å². The molecular formula is C51H35N. The number of anilines is 3. The van der Waals surface area contributed by atoms with Crippen molar-refractivity contribution in [3.63, 3.8) is 0 Å². The van der Waals surface area contributed by atoms with Gasteiger partial charge in [-0.3, -0.25) is 0 Å². The fourth-order valence-corrected chi connectivity index (χ4v) is 8.81. The summed E-state index contributed by atoms with van der Waals surface area (Å²) in [5.41, 5.74) is 13.0. The topological polar surface area (TPSA) is 3.24 Å². The zero-order chi connectivity index (χ0) is 34.5. The molecule has 10 rings (SSSR count). The van der Waals surface area contributed by atoms with Crippen molar-refractivity contribution in [3.8, 4) is 22.3 Å². The van der Waals surface area contributed by atoms with Gasteiger partial charge in [-0.2, -0.15) is 0 Å². The lowest BCUT2D eigenvalue weighted by Crippen LogP contribution is -2.28. The second kappa shape index (κ2) is 12.3. The summed E-state index contributed by atoms with van der Waals surface area (Å²) >= 11 is 0. The average Bonchev–Trinajstić information content (AvgIpc) is 3.53. The second-order valence-electron chi connectivity index (χ2n) is 13.6. The Morgan fingerprint density at radius 3 is 1.50 bits per heavy atom. The van der Waals surface area contributed by atoms with Crippen molar-refractivity contribution in [2.75, 3.05) is 4.90 Å². The van der Waals surface area contributed by atoms with Crippen molar-refractivity contribution in [2.45, 2.75) is 5.41 Å². The number of rotatable bonds is 6. The van der Waals surface area contributed by atoms with Crippen LogP contribution < -0.4 is 4.90 Å². The molecule has 0 amide bonds. The molecule has 0 N–H and O–H groups in total. The molecule has 9 aromatic rings. The molecule has 1 aliphatic rings. The SMILES string of the molecule is c1ccc(C2(c3ccccc3)c3ccccc3-c3c(N(c4ccccc4-c4cccc5ccccc45)c4cccc5ccccc45)cccc32)cc1. The van der Waals surface area contributed by atoms with E-state index < -0.39 is 5.41 Å². The molecule has 0 heterocycles. The van der Waals surface area contributed by atoms with Crippen molar-refractivity contribution in [3.05, 3.63) is 235 Å². The van der Waals surface area contributed by atoms with Crippen LogP contribution in [0.2, 0.25) is 0 Å². The third-order valence-corrected chi connectivity index (χ3v) is 10.9. The molecule has 0 unspecified atom stereocenters. The van der Waals surface area contributed by atoms with E-state index in [1.165, 1.54) is 66.1 Å². The minimum atomic E-state index is -0.496. The fraction of sp³-hybridized carbons (Fsp3) is 0.0196. The van der Waals surface area contributed by atoms with Crippen LogP contribution in [-0.4, -0.2) is 0 Å². The maximum Gasteiger partial charge on any atom is 0.0714 e. The van der Waals surface area contributed by atoms with Gasteiger partial charge in [0.15, 0.2) is 0 Å².